The Morgan fingerprint density at radius 1 is 1.10 bits per heavy atom. The third-order valence-corrected chi connectivity index (χ3v) is 5.71. The molecule has 0 aromatic heterocycles. The molecule has 0 aliphatic carbocycles. The fraction of sp³-hybridized carbons (Fsp3) is 0.391. The van der Waals surface area contributed by atoms with E-state index in [2.05, 4.69) is 5.32 Å². The van der Waals surface area contributed by atoms with Crippen molar-refractivity contribution in [3.05, 3.63) is 64.7 Å². The lowest BCUT2D eigenvalue weighted by Gasteiger charge is -2.31. The zero-order chi connectivity index (χ0) is 21.6. The van der Waals surface area contributed by atoms with Gasteiger partial charge in [0, 0.05) is 22.0 Å². The maximum absolute atomic E-state index is 13.1. The monoisotopic (exact) mass is 432 g/mol. The van der Waals surface area contributed by atoms with Crippen LogP contribution in [0.5, 0.6) is 0 Å². The highest BCUT2D eigenvalue weighted by atomic mass is 35.5. The summed E-state index contributed by atoms with van der Waals surface area (Å²) in [5.74, 6) is -0.0361. The smallest absolute Gasteiger partial charge is 0.242 e. The minimum absolute atomic E-state index is 0.105. The highest BCUT2D eigenvalue weighted by Crippen LogP contribution is 2.22. The number of benzene rings is 2. The first-order valence-corrected chi connectivity index (χ1v) is 11.0. The van der Waals surface area contributed by atoms with E-state index in [9.17, 15) is 9.59 Å². The normalized spacial score (nSPS) is 12.3. The van der Waals surface area contributed by atoms with Gasteiger partial charge in [0.05, 0.1) is 5.75 Å². The standard InChI is InChI=1S/C23H29ClN2O2S/c1-16-10-12-19(13-11-16)29-15-21(27)26(14-18-8-6-7-9-20(18)24)17(2)22(28)25-23(3,4)5/h6-13,17H,14-15H2,1-5H3,(H,25,28)/t17-/m0/s1. The molecule has 0 heterocycles. The minimum atomic E-state index is -0.614. The van der Waals surface area contributed by atoms with Crippen molar-refractivity contribution in [1.29, 1.82) is 0 Å². The number of hydrogen-bond acceptors (Lipinski definition) is 3. The third kappa shape index (κ3) is 7.41. The fourth-order valence-corrected chi connectivity index (χ4v) is 3.71. The highest BCUT2D eigenvalue weighted by molar-refractivity contribution is 8.00. The number of rotatable bonds is 7. The van der Waals surface area contributed by atoms with E-state index in [1.165, 1.54) is 17.3 Å². The average Bonchev–Trinajstić information content (AvgIpc) is 2.65. The van der Waals surface area contributed by atoms with Crippen molar-refractivity contribution < 1.29 is 9.59 Å². The summed E-state index contributed by atoms with van der Waals surface area (Å²) in [6.45, 7) is 9.83. The van der Waals surface area contributed by atoms with Gasteiger partial charge in [0.1, 0.15) is 6.04 Å². The molecule has 2 rings (SSSR count). The predicted molar refractivity (Wildman–Crippen MR) is 121 cm³/mol. The molecule has 0 spiro atoms. The van der Waals surface area contributed by atoms with Gasteiger partial charge >= 0.3 is 0 Å². The molecule has 156 valence electrons. The summed E-state index contributed by atoms with van der Waals surface area (Å²) in [5, 5.41) is 3.55. The Balaban J connectivity index is 2.18. The molecule has 1 atom stereocenters. The molecule has 0 fully saturated rings. The van der Waals surface area contributed by atoms with Crippen LogP contribution in [0, 0.1) is 6.92 Å². The number of aryl methyl sites for hydroxylation is 1. The zero-order valence-corrected chi connectivity index (χ0v) is 19.2. The maximum atomic E-state index is 13.1. The van der Waals surface area contributed by atoms with Crippen molar-refractivity contribution in [3.63, 3.8) is 0 Å². The van der Waals surface area contributed by atoms with Crippen LogP contribution in [0.25, 0.3) is 0 Å². The summed E-state index contributed by atoms with van der Waals surface area (Å²) in [5.41, 5.74) is 1.62. The molecule has 0 saturated carbocycles. The highest BCUT2D eigenvalue weighted by Gasteiger charge is 2.28. The Morgan fingerprint density at radius 2 is 1.72 bits per heavy atom. The molecule has 0 unspecified atom stereocenters. The van der Waals surface area contributed by atoms with Crippen molar-refractivity contribution in [2.24, 2.45) is 0 Å². The Kier molecular flexibility index (Phi) is 8.17. The summed E-state index contributed by atoms with van der Waals surface area (Å²) in [6, 6.07) is 14.8. The molecule has 4 nitrogen and oxygen atoms in total. The van der Waals surface area contributed by atoms with Crippen LogP contribution in [0.3, 0.4) is 0 Å². The number of carbonyl (C=O) groups is 2. The number of halogens is 1. The van der Waals surface area contributed by atoms with E-state index in [0.29, 0.717) is 5.02 Å². The van der Waals surface area contributed by atoms with E-state index in [0.717, 1.165) is 10.5 Å². The first-order chi connectivity index (χ1) is 13.6. The van der Waals surface area contributed by atoms with Gasteiger partial charge in [0.15, 0.2) is 0 Å². The Bertz CT molecular complexity index is 847. The Labute approximate surface area is 183 Å². The molecule has 2 aromatic rings. The van der Waals surface area contributed by atoms with E-state index in [1.54, 1.807) is 17.9 Å². The maximum Gasteiger partial charge on any atom is 0.242 e. The average molecular weight is 433 g/mol. The van der Waals surface area contributed by atoms with Gasteiger partial charge in [-0.25, -0.2) is 0 Å². The van der Waals surface area contributed by atoms with Crippen LogP contribution in [-0.2, 0) is 16.1 Å². The molecule has 1 N–H and O–H groups in total. The number of thioether (sulfide) groups is 1. The first-order valence-electron chi connectivity index (χ1n) is 9.61. The van der Waals surface area contributed by atoms with Gasteiger partial charge in [-0.15, -0.1) is 11.8 Å². The van der Waals surface area contributed by atoms with Crippen LogP contribution in [0.1, 0.15) is 38.8 Å². The van der Waals surface area contributed by atoms with Crippen LogP contribution in [0.4, 0.5) is 0 Å². The summed E-state index contributed by atoms with van der Waals surface area (Å²) in [7, 11) is 0. The molecular formula is C23H29ClN2O2S. The molecule has 29 heavy (non-hydrogen) atoms. The number of carbonyl (C=O) groups excluding carboxylic acids is 2. The van der Waals surface area contributed by atoms with E-state index >= 15 is 0 Å². The van der Waals surface area contributed by atoms with Gasteiger partial charge in [-0.3, -0.25) is 9.59 Å². The van der Waals surface area contributed by atoms with Gasteiger partial charge in [-0.05, 0) is 58.4 Å². The van der Waals surface area contributed by atoms with Gasteiger partial charge in [0.2, 0.25) is 11.8 Å². The van der Waals surface area contributed by atoms with Crippen LogP contribution in [-0.4, -0.2) is 34.0 Å². The minimum Gasteiger partial charge on any atom is -0.350 e. The van der Waals surface area contributed by atoms with Gasteiger partial charge in [-0.2, -0.15) is 0 Å². The fourth-order valence-electron chi connectivity index (χ4n) is 2.73. The summed E-state index contributed by atoms with van der Waals surface area (Å²) in [4.78, 5) is 28.5. The molecule has 2 aromatic carbocycles. The SMILES string of the molecule is Cc1ccc(SCC(=O)N(Cc2ccccc2Cl)[C@@H](C)C(=O)NC(C)(C)C)cc1. The van der Waals surface area contributed by atoms with Crippen molar-refractivity contribution in [2.75, 3.05) is 5.75 Å². The van der Waals surface area contributed by atoms with E-state index in [4.69, 9.17) is 11.6 Å². The second kappa shape index (κ2) is 10.2. The topological polar surface area (TPSA) is 49.4 Å². The number of nitrogens with zero attached hydrogens (tertiary/aromatic N) is 1. The zero-order valence-electron chi connectivity index (χ0n) is 17.7. The van der Waals surface area contributed by atoms with Gasteiger partial charge < -0.3 is 10.2 Å². The number of nitrogens with one attached hydrogen (secondary N) is 1. The number of hydrogen-bond donors (Lipinski definition) is 1. The van der Waals surface area contributed by atoms with Crippen molar-refractivity contribution in [1.82, 2.24) is 10.2 Å². The molecule has 2 amide bonds. The van der Waals surface area contributed by atoms with Crippen LogP contribution in [0.15, 0.2) is 53.4 Å². The summed E-state index contributed by atoms with van der Waals surface area (Å²) >= 11 is 7.77. The Morgan fingerprint density at radius 3 is 2.31 bits per heavy atom. The predicted octanol–water partition coefficient (Wildman–Crippen LogP) is 5.07. The molecule has 6 heteroatoms. The lowest BCUT2D eigenvalue weighted by atomic mass is 10.1. The largest absolute Gasteiger partial charge is 0.350 e. The van der Waals surface area contributed by atoms with E-state index in [-0.39, 0.29) is 29.7 Å². The van der Waals surface area contributed by atoms with E-state index in [1.807, 2.05) is 70.2 Å². The third-order valence-electron chi connectivity index (χ3n) is 4.35. The molecule has 0 aliphatic heterocycles. The second-order valence-corrected chi connectivity index (χ2v) is 9.59. The van der Waals surface area contributed by atoms with Gasteiger partial charge in [0.25, 0.3) is 0 Å². The molecule has 0 radical (unpaired) electrons. The summed E-state index contributed by atoms with van der Waals surface area (Å²) < 4.78 is 0. The van der Waals surface area contributed by atoms with Crippen molar-refractivity contribution in [2.45, 2.75) is 57.6 Å². The molecule has 0 aliphatic rings. The van der Waals surface area contributed by atoms with Crippen LogP contribution in [0.2, 0.25) is 5.02 Å². The van der Waals surface area contributed by atoms with Crippen LogP contribution >= 0.6 is 23.4 Å². The van der Waals surface area contributed by atoms with Crippen molar-refractivity contribution >= 4 is 35.2 Å². The molecule has 0 saturated heterocycles. The molecule has 0 bridgehead atoms. The van der Waals surface area contributed by atoms with Gasteiger partial charge in [-0.1, -0.05) is 47.5 Å². The van der Waals surface area contributed by atoms with E-state index < -0.39 is 6.04 Å². The lowest BCUT2D eigenvalue weighted by molar-refractivity contribution is -0.139. The quantitative estimate of drug-likeness (QED) is 0.621. The first kappa shape index (κ1) is 23.3. The summed E-state index contributed by atoms with van der Waals surface area (Å²) in [6.07, 6.45) is 0. The second-order valence-electron chi connectivity index (χ2n) is 8.13. The lowest BCUT2D eigenvalue weighted by Crippen LogP contribution is -2.52. The molecular weight excluding hydrogens is 404 g/mol. The van der Waals surface area contributed by atoms with Crippen LogP contribution < -0.4 is 5.32 Å². The van der Waals surface area contributed by atoms with Crippen molar-refractivity contribution in [3.8, 4) is 0 Å². The Hall–Kier alpha value is -1.98. The number of amides is 2.